The molecule has 0 amide bonds. The lowest BCUT2D eigenvalue weighted by Crippen LogP contribution is -2.28. The predicted molar refractivity (Wildman–Crippen MR) is 64.3 cm³/mol. The molecule has 0 aromatic heterocycles. The Morgan fingerprint density at radius 3 is 2.73 bits per heavy atom. The molecule has 3 heteroatoms. The summed E-state index contributed by atoms with van der Waals surface area (Å²) in [6.07, 6.45) is 0.516. The van der Waals surface area contributed by atoms with Gasteiger partial charge < -0.3 is 4.90 Å². The second-order valence-corrected chi connectivity index (χ2v) is 4.16. The fourth-order valence-corrected chi connectivity index (χ4v) is 1.50. The average molecular weight is 223 g/mol. The highest BCUT2D eigenvalue weighted by Crippen LogP contribution is 2.23. The van der Waals surface area contributed by atoms with E-state index in [1.54, 1.807) is 0 Å². The fraction of sp³-hybridized carbons (Fsp3) is 0.417. The normalized spacial score (nSPS) is 11.9. The van der Waals surface area contributed by atoms with Gasteiger partial charge in [0.1, 0.15) is 0 Å². The monoisotopic (exact) mass is 222 g/mol. The van der Waals surface area contributed by atoms with Crippen LogP contribution < -0.4 is 4.90 Å². The number of nitrogens with zero attached hydrogens (tertiary/aromatic N) is 2. The second kappa shape index (κ2) is 5.04. The molecule has 0 radical (unpaired) electrons. The molecule has 0 spiro atoms. The Labute approximate surface area is 96.1 Å². The molecule has 0 saturated heterocycles. The third-order valence-electron chi connectivity index (χ3n) is 2.61. The van der Waals surface area contributed by atoms with Crippen LogP contribution >= 0.6 is 11.6 Å². The van der Waals surface area contributed by atoms with Crippen LogP contribution in [0.2, 0.25) is 5.02 Å². The van der Waals surface area contributed by atoms with E-state index in [-0.39, 0.29) is 6.04 Å². The highest BCUT2D eigenvalue weighted by atomic mass is 35.5. The van der Waals surface area contributed by atoms with Crippen molar-refractivity contribution in [1.29, 1.82) is 5.26 Å². The van der Waals surface area contributed by atoms with Crippen LogP contribution in [0.5, 0.6) is 0 Å². The Balaban J connectivity index is 2.87. The number of rotatable bonds is 3. The van der Waals surface area contributed by atoms with Crippen molar-refractivity contribution < 1.29 is 0 Å². The first-order chi connectivity index (χ1) is 7.06. The molecule has 0 aliphatic carbocycles. The van der Waals surface area contributed by atoms with Gasteiger partial charge in [0.15, 0.2) is 0 Å². The number of hydrogen-bond acceptors (Lipinski definition) is 2. The van der Waals surface area contributed by atoms with Crippen LogP contribution in [0.1, 0.15) is 18.9 Å². The van der Waals surface area contributed by atoms with Crippen molar-refractivity contribution >= 4 is 17.3 Å². The van der Waals surface area contributed by atoms with Crippen molar-refractivity contribution in [3.63, 3.8) is 0 Å². The van der Waals surface area contributed by atoms with Gasteiger partial charge in [-0.3, -0.25) is 0 Å². The van der Waals surface area contributed by atoms with E-state index in [1.165, 1.54) is 0 Å². The molecule has 2 nitrogen and oxygen atoms in total. The second-order valence-electron chi connectivity index (χ2n) is 3.76. The molecule has 1 atom stereocenters. The van der Waals surface area contributed by atoms with Crippen molar-refractivity contribution in [2.24, 2.45) is 0 Å². The van der Waals surface area contributed by atoms with E-state index in [2.05, 4.69) is 11.0 Å². The van der Waals surface area contributed by atoms with E-state index in [1.807, 2.05) is 39.1 Å². The SMILES string of the molecule is Cc1ccc(N(C)C(C)CC#N)cc1Cl. The maximum absolute atomic E-state index is 8.63. The smallest absolute Gasteiger partial charge is 0.0643 e. The molecule has 0 bridgehead atoms. The van der Waals surface area contributed by atoms with Crippen LogP contribution in [0, 0.1) is 18.3 Å². The number of halogens is 1. The molecule has 1 aromatic rings. The molecular weight excluding hydrogens is 208 g/mol. The van der Waals surface area contributed by atoms with Crippen molar-refractivity contribution in [2.45, 2.75) is 26.3 Å². The van der Waals surface area contributed by atoms with E-state index in [0.717, 1.165) is 16.3 Å². The maximum Gasteiger partial charge on any atom is 0.0643 e. The maximum atomic E-state index is 8.63. The highest BCUT2D eigenvalue weighted by molar-refractivity contribution is 6.31. The first-order valence-corrected chi connectivity index (χ1v) is 5.30. The minimum Gasteiger partial charge on any atom is -0.371 e. The first kappa shape index (κ1) is 11.9. The summed E-state index contributed by atoms with van der Waals surface area (Å²) in [5.41, 5.74) is 2.12. The summed E-state index contributed by atoms with van der Waals surface area (Å²) in [6, 6.07) is 8.32. The number of anilines is 1. The number of benzene rings is 1. The molecule has 0 aliphatic rings. The number of hydrogen-bond donors (Lipinski definition) is 0. The molecule has 1 unspecified atom stereocenters. The third kappa shape index (κ3) is 2.87. The summed E-state index contributed by atoms with van der Waals surface area (Å²) >= 11 is 6.05. The number of nitriles is 1. The molecule has 0 N–H and O–H groups in total. The summed E-state index contributed by atoms with van der Waals surface area (Å²) < 4.78 is 0. The van der Waals surface area contributed by atoms with Crippen LogP contribution in [0.3, 0.4) is 0 Å². The van der Waals surface area contributed by atoms with Gasteiger partial charge in [0.25, 0.3) is 0 Å². The van der Waals surface area contributed by atoms with Gasteiger partial charge in [0.2, 0.25) is 0 Å². The van der Waals surface area contributed by atoms with Crippen molar-refractivity contribution in [3.05, 3.63) is 28.8 Å². The molecule has 0 fully saturated rings. The third-order valence-corrected chi connectivity index (χ3v) is 3.02. The van der Waals surface area contributed by atoms with Gasteiger partial charge in [0.05, 0.1) is 12.5 Å². The number of aryl methyl sites for hydroxylation is 1. The summed E-state index contributed by atoms with van der Waals surface area (Å²) in [5.74, 6) is 0. The largest absolute Gasteiger partial charge is 0.371 e. The molecule has 80 valence electrons. The lowest BCUT2D eigenvalue weighted by Gasteiger charge is -2.25. The van der Waals surface area contributed by atoms with E-state index < -0.39 is 0 Å². The van der Waals surface area contributed by atoms with Gasteiger partial charge in [-0.2, -0.15) is 5.26 Å². The predicted octanol–water partition coefficient (Wildman–Crippen LogP) is 3.39. The fourth-order valence-electron chi connectivity index (χ4n) is 1.32. The van der Waals surface area contributed by atoms with Crippen LogP contribution in [0.4, 0.5) is 5.69 Å². The van der Waals surface area contributed by atoms with E-state index in [4.69, 9.17) is 16.9 Å². The molecule has 1 aromatic carbocycles. The van der Waals surface area contributed by atoms with Gasteiger partial charge in [-0.15, -0.1) is 0 Å². The zero-order valence-electron chi connectivity index (χ0n) is 9.29. The quantitative estimate of drug-likeness (QED) is 0.784. The van der Waals surface area contributed by atoms with Crippen molar-refractivity contribution in [1.82, 2.24) is 0 Å². The molecular formula is C12H15ClN2. The molecule has 0 saturated carbocycles. The average Bonchev–Trinajstić information content (AvgIpc) is 2.21. The Kier molecular flexibility index (Phi) is 3.99. The van der Waals surface area contributed by atoms with Crippen LogP contribution in [-0.4, -0.2) is 13.1 Å². The molecule has 1 rings (SSSR count). The highest BCUT2D eigenvalue weighted by Gasteiger charge is 2.10. The summed E-state index contributed by atoms with van der Waals surface area (Å²) in [5, 5.41) is 9.40. The minimum atomic E-state index is 0.203. The van der Waals surface area contributed by atoms with E-state index in [0.29, 0.717) is 6.42 Å². The Morgan fingerprint density at radius 2 is 2.20 bits per heavy atom. The van der Waals surface area contributed by atoms with Crippen LogP contribution in [0.15, 0.2) is 18.2 Å². The van der Waals surface area contributed by atoms with Gasteiger partial charge in [-0.25, -0.2) is 0 Å². The Bertz CT molecular complexity index is 382. The standard InChI is InChI=1S/C12H15ClN2/c1-9-4-5-11(8-12(9)13)15(3)10(2)6-7-14/h4-5,8,10H,6H2,1-3H3. The lowest BCUT2D eigenvalue weighted by molar-refractivity contribution is 0.702. The molecule has 0 heterocycles. The van der Waals surface area contributed by atoms with Crippen molar-refractivity contribution in [3.8, 4) is 6.07 Å². The first-order valence-electron chi connectivity index (χ1n) is 4.92. The van der Waals surface area contributed by atoms with Crippen LogP contribution in [0.25, 0.3) is 0 Å². The van der Waals surface area contributed by atoms with Gasteiger partial charge in [0, 0.05) is 23.8 Å². The van der Waals surface area contributed by atoms with Crippen LogP contribution in [-0.2, 0) is 0 Å². The topological polar surface area (TPSA) is 27.0 Å². The zero-order valence-corrected chi connectivity index (χ0v) is 10.0. The Hall–Kier alpha value is -1.20. The van der Waals surface area contributed by atoms with Gasteiger partial charge >= 0.3 is 0 Å². The summed E-state index contributed by atoms with van der Waals surface area (Å²) in [6.45, 7) is 4.00. The lowest BCUT2D eigenvalue weighted by atomic mass is 10.1. The summed E-state index contributed by atoms with van der Waals surface area (Å²) in [4.78, 5) is 2.06. The minimum absolute atomic E-state index is 0.203. The van der Waals surface area contributed by atoms with E-state index in [9.17, 15) is 0 Å². The van der Waals surface area contributed by atoms with Crippen molar-refractivity contribution in [2.75, 3.05) is 11.9 Å². The molecule has 0 aliphatic heterocycles. The summed E-state index contributed by atoms with van der Waals surface area (Å²) in [7, 11) is 1.98. The Morgan fingerprint density at radius 1 is 1.53 bits per heavy atom. The van der Waals surface area contributed by atoms with E-state index >= 15 is 0 Å². The van der Waals surface area contributed by atoms with Gasteiger partial charge in [-0.1, -0.05) is 17.7 Å². The molecule has 15 heavy (non-hydrogen) atoms. The van der Waals surface area contributed by atoms with Gasteiger partial charge in [-0.05, 0) is 31.5 Å². The zero-order chi connectivity index (χ0) is 11.4.